The highest BCUT2D eigenvalue weighted by Crippen LogP contribution is 2.63. The summed E-state index contributed by atoms with van der Waals surface area (Å²) in [5, 5.41) is 0. The third kappa shape index (κ3) is 3.52. The largest absolute Gasteiger partial charge is 0.466 e. The van der Waals surface area contributed by atoms with E-state index >= 15 is 0 Å². The first-order valence-corrected chi connectivity index (χ1v) is 11.1. The van der Waals surface area contributed by atoms with E-state index in [1.54, 1.807) is 5.57 Å². The van der Waals surface area contributed by atoms with Crippen LogP contribution in [0, 0.1) is 28.1 Å². The Balaban J connectivity index is 1.80. The number of ether oxygens (including phenoxy) is 1. The van der Waals surface area contributed by atoms with E-state index in [9.17, 15) is 4.79 Å². The number of hydrogen-bond acceptors (Lipinski definition) is 2. The van der Waals surface area contributed by atoms with Gasteiger partial charge in [-0.2, -0.15) is 0 Å². The normalized spacial score (nSPS) is 42.3. The number of hydrogen-bond donors (Lipinski definition) is 0. The zero-order valence-electron chi connectivity index (χ0n) is 17.8. The second-order valence-corrected chi connectivity index (χ2v) is 10.4. The molecule has 146 valence electrons. The minimum Gasteiger partial charge on any atom is -0.466 e. The molecule has 3 aliphatic rings. The number of allylic oxidation sites excluding steroid dienone is 2. The van der Waals surface area contributed by atoms with Crippen LogP contribution in [-0.2, 0) is 9.53 Å². The maximum absolute atomic E-state index is 12.0. The van der Waals surface area contributed by atoms with Gasteiger partial charge in [0.05, 0.1) is 6.61 Å². The van der Waals surface area contributed by atoms with Crippen LogP contribution >= 0.6 is 0 Å². The Labute approximate surface area is 161 Å². The van der Waals surface area contributed by atoms with Gasteiger partial charge in [-0.3, -0.25) is 4.79 Å². The molecule has 0 aromatic carbocycles. The van der Waals surface area contributed by atoms with Crippen molar-refractivity contribution in [1.29, 1.82) is 0 Å². The van der Waals surface area contributed by atoms with Crippen LogP contribution in [0.3, 0.4) is 0 Å². The molecule has 0 spiro atoms. The fourth-order valence-corrected chi connectivity index (χ4v) is 6.61. The van der Waals surface area contributed by atoms with Crippen molar-refractivity contribution in [2.24, 2.45) is 28.1 Å². The molecule has 5 atom stereocenters. The molecule has 0 radical (unpaired) electrons. The first kappa shape index (κ1) is 20.0. The molecule has 3 heteroatoms. The molecule has 0 saturated heterocycles. The highest BCUT2D eigenvalue weighted by molar-refractivity contribution is 6.39. The van der Waals surface area contributed by atoms with Crippen LogP contribution in [0.2, 0.25) is 13.1 Å². The predicted octanol–water partition coefficient (Wildman–Crippen LogP) is 5.79. The van der Waals surface area contributed by atoms with Crippen LogP contribution in [0.5, 0.6) is 0 Å². The monoisotopic (exact) mass is 358 g/mol. The Morgan fingerprint density at radius 3 is 2.73 bits per heavy atom. The van der Waals surface area contributed by atoms with Crippen molar-refractivity contribution < 1.29 is 9.53 Å². The molecule has 0 aromatic heterocycles. The van der Waals surface area contributed by atoms with Crippen LogP contribution in [0.25, 0.3) is 0 Å². The molecule has 0 bridgehead atoms. The number of carbonyl (C=O) groups is 1. The highest BCUT2D eigenvalue weighted by Gasteiger charge is 2.55. The lowest BCUT2D eigenvalue weighted by Crippen LogP contribution is -2.51. The summed E-state index contributed by atoms with van der Waals surface area (Å²) in [6.07, 6.45) is 13.5. The maximum Gasteiger partial charge on any atom is 0.298 e. The number of esters is 1. The highest BCUT2D eigenvalue weighted by atomic mass is 16.5. The van der Waals surface area contributed by atoms with Gasteiger partial charge in [-0.1, -0.05) is 59.0 Å². The van der Waals surface area contributed by atoms with Gasteiger partial charge in [0.15, 0.2) is 0 Å². The molecule has 2 saturated carbocycles. The van der Waals surface area contributed by atoms with Gasteiger partial charge in [0, 0.05) is 11.7 Å². The van der Waals surface area contributed by atoms with E-state index in [0.29, 0.717) is 29.7 Å². The van der Waals surface area contributed by atoms with E-state index in [0.717, 1.165) is 13.2 Å². The van der Waals surface area contributed by atoms with Crippen LogP contribution in [0.4, 0.5) is 0 Å². The van der Waals surface area contributed by atoms with E-state index < -0.39 is 0 Å². The fraction of sp³-hybridized carbons (Fsp3) is 0.870. The zero-order chi connectivity index (χ0) is 19.0. The zero-order valence-corrected chi connectivity index (χ0v) is 17.8. The minimum absolute atomic E-state index is 0.00900. The third-order valence-corrected chi connectivity index (χ3v) is 8.38. The third-order valence-electron chi connectivity index (χ3n) is 8.38. The van der Waals surface area contributed by atoms with Gasteiger partial charge < -0.3 is 4.74 Å². The van der Waals surface area contributed by atoms with Gasteiger partial charge in [-0.25, -0.2) is 0 Å². The lowest BCUT2D eigenvalue weighted by molar-refractivity contribution is -0.150. The molecule has 2 unspecified atom stereocenters. The minimum atomic E-state index is -0.00900. The second kappa shape index (κ2) is 7.36. The summed E-state index contributed by atoms with van der Waals surface area (Å²) >= 11 is 0. The van der Waals surface area contributed by atoms with Gasteiger partial charge in [0.2, 0.25) is 0 Å². The van der Waals surface area contributed by atoms with E-state index in [1.807, 2.05) is 6.82 Å². The quantitative estimate of drug-likeness (QED) is 0.353. The molecule has 2 nitrogen and oxygen atoms in total. The Bertz CT molecular complexity index is 571. The molecule has 0 N–H and O–H groups in total. The summed E-state index contributed by atoms with van der Waals surface area (Å²) in [7, 11) is 0.876. The maximum atomic E-state index is 12.0. The van der Waals surface area contributed by atoms with Gasteiger partial charge in [-0.15, -0.1) is 0 Å². The molecule has 2 fully saturated rings. The smallest absolute Gasteiger partial charge is 0.298 e. The second-order valence-electron chi connectivity index (χ2n) is 10.4. The Morgan fingerprint density at radius 1 is 1.27 bits per heavy atom. The van der Waals surface area contributed by atoms with Crippen molar-refractivity contribution in [2.75, 3.05) is 6.61 Å². The van der Waals surface area contributed by atoms with E-state index in [2.05, 4.69) is 33.8 Å². The van der Waals surface area contributed by atoms with Crippen molar-refractivity contribution in [3.8, 4) is 0 Å². The Hall–Kier alpha value is -0.725. The molecule has 0 aliphatic heterocycles. The van der Waals surface area contributed by atoms with Crippen molar-refractivity contribution in [1.82, 2.24) is 0 Å². The summed E-state index contributed by atoms with van der Waals surface area (Å²) in [5.41, 5.74) is 2.74. The fourth-order valence-electron chi connectivity index (χ4n) is 6.61. The first-order valence-electron chi connectivity index (χ1n) is 11.1. The lowest BCUT2D eigenvalue weighted by atomic mass is 9.46. The number of carbonyl (C=O) groups excluding carboxylic acids is 1. The Kier molecular flexibility index (Phi) is 5.67. The average molecular weight is 358 g/mol. The molecule has 26 heavy (non-hydrogen) atoms. The van der Waals surface area contributed by atoms with Crippen LogP contribution < -0.4 is 0 Å². The standard InChI is InChI=1S/C23H39BO2/c1-6-21(2)13-10-18-17(14-21)8-9-19-22(3,11-7-12-23(18,19)4)16-26-20(25)15-24-5/h10,17,19,24H,6-9,11-16H2,1-5H3/t17?,19?,21-,22-,23-/m0/s1. The first-order chi connectivity index (χ1) is 12.3. The SMILES string of the molecule is CBCC(=O)OC[C@]1(C)CCC[C@@]2(C)C3=CC[C@](C)(CC)CC3CCC12. The summed E-state index contributed by atoms with van der Waals surface area (Å²) in [6.45, 7) is 12.4. The van der Waals surface area contributed by atoms with Gasteiger partial charge >= 0.3 is 0 Å². The van der Waals surface area contributed by atoms with E-state index in [1.165, 1.54) is 51.4 Å². The van der Waals surface area contributed by atoms with Gasteiger partial charge in [0.25, 0.3) is 5.97 Å². The molecular formula is C23H39BO2. The molecule has 0 heterocycles. The summed E-state index contributed by atoms with van der Waals surface area (Å²) in [5.74, 6) is 1.44. The topological polar surface area (TPSA) is 26.3 Å². The average Bonchev–Trinajstić information content (AvgIpc) is 2.60. The Morgan fingerprint density at radius 2 is 2.04 bits per heavy atom. The van der Waals surface area contributed by atoms with Crippen molar-refractivity contribution in [3.05, 3.63) is 11.6 Å². The molecular weight excluding hydrogens is 319 g/mol. The van der Waals surface area contributed by atoms with Crippen molar-refractivity contribution in [2.45, 2.75) is 92.2 Å². The van der Waals surface area contributed by atoms with Gasteiger partial charge in [-0.05, 0) is 61.2 Å². The lowest BCUT2D eigenvalue weighted by Gasteiger charge is -2.59. The van der Waals surface area contributed by atoms with Crippen molar-refractivity contribution in [3.63, 3.8) is 0 Å². The number of rotatable bonds is 5. The number of fused-ring (bicyclic) bond motifs is 3. The summed E-state index contributed by atoms with van der Waals surface area (Å²) in [6, 6.07) is 0. The van der Waals surface area contributed by atoms with Gasteiger partial charge in [0.1, 0.15) is 7.28 Å². The van der Waals surface area contributed by atoms with Crippen LogP contribution in [0.1, 0.15) is 79.1 Å². The van der Waals surface area contributed by atoms with Crippen LogP contribution in [0.15, 0.2) is 11.6 Å². The molecule has 0 amide bonds. The molecule has 0 aromatic rings. The summed E-state index contributed by atoms with van der Waals surface area (Å²) in [4.78, 5) is 12.0. The van der Waals surface area contributed by atoms with E-state index in [-0.39, 0.29) is 11.4 Å². The molecule has 3 aliphatic carbocycles. The van der Waals surface area contributed by atoms with E-state index in [4.69, 9.17) is 4.74 Å². The predicted molar refractivity (Wildman–Crippen MR) is 111 cm³/mol. The van der Waals surface area contributed by atoms with Crippen LogP contribution in [-0.4, -0.2) is 19.9 Å². The summed E-state index contributed by atoms with van der Waals surface area (Å²) < 4.78 is 5.75. The van der Waals surface area contributed by atoms with Crippen molar-refractivity contribution >= 4 is 13.2 Å². The molecule has 3 rings (SSSR count).